The van der Waals surface area contributed by atoms with Crippen molar-refractivity contribution in [3.05, 3.63) is 30.0 Å². The van der Waals surface area contributed by atoms with E-state index in [-0.39, 0.29) is 12.4 Å². The van der Waals surface area contributed by atoms with Crippen molar-refractivity contribution < 1.29 is 15.1 Å². The fourth-order valence-corrected chi connectivity index (χ4v) is 1.95. The fourth-order valence-electron chi connectivity index (χ4n) is 1.95. The van der Waals surface area contributed by atoms with Gasteiger partial charge in [0, 0.05) is 10.9 Å². The predicted molar refractivity (Wildman–Crippen MR) is 73.7 cm³/mol. The number of oxime groups is 1. The number of carbonyl (C=O) groups is 1. The average molecular weight is 276 g/mol. The molecule has 0 saturated heterocycles. The van der Waals surface area contributed by atoms with Crippen LogP contribution in [0, 0.1) is 5.41 Å². The van der Waals surface area contributed by atoms with Gasteiger partial charge >= 0.3 is 5.97 Å². The summed E-state index contributed by atoms with van der Waals surface area (Å²) in [4.78, 5) is 11.2. The molecule has 0 amide bonds. The summed E-state index contributed by atoms with van der Waals surface area (Å²) < 4.78 is 1.61. The average Bonchev–Trinajstić information content (AvgIpc) is 2.80. The van der Waals surface area contributed by atoms with E-state index in [0.29, 0.717) is 10.9 Å². The Labute approximate surface area is 115 Å². The number of fused-ring (bicyclic) bond motifs is 1. The molecule has 7 heteroatoms. The Hall–Kier alpha value is -2.57. The van der Waals surface area contributed by atoms with E-state index in [1.54, 1.807) is 36.9 Å². The SMILES string of the molecule is CC(C)(Cn1ncc2c(C(N)=NO)cccc21)C(=O)O. The number of hydrogen-bond acceptors (Lipinski definition) is 4. The van der Waals surface area contributed by atoms with Crippen LogP contribution in [-0.2, 0) is 11.3 Å². The zero-order chi connectivity index (χ0) is 14.9. The molecule has 0 saturated carbocycles. The number of carboxylic acids is 1. The van der Waals surface area contributed by atoms with Crippen molar-refractivity contribution in [1.29, 1.82) is 0 Å². The maximum atomic E-state index is 11.2. The largest absolute Gasteiger partial charge is 0.481 e. The summed E-state index contributed by atoms with van der Waals surface area (Å²) in [5.41, 5.74) is 5.97. The van der Waals surface area contributed by atoms with Gasteiger partial charge in [0.15, 0.2) is 5.84 Å². The van der Waals surface area contributed by atoms with Gasteiger partial charge in [0.2, 0.25) is 0 Å². The fraction of sp³-hybridized carbons (Fsp3) is 0.308. The van der Waals surface area contributed by atoms with Gasteiger partial charge in [-0.05, 0) is 19.9 Å². The molecule has 0 unspecified atom stereocenters. The van der Waals surface area contributed by atoms with Gasteiger partial charge in [-0.2, -0.15) is 5.10 Å². The van der Waals surface area contributed by atoms with Crippen molar-refractivity contribution in [1.82, 2.24) is 9.78 Å². The monoisotopic (exact) mass is 276 g/mol. The third-order valence-electron chi connectivity index (χ3n) is 3.20. The van der Waals surface area contributed by atoms with Crippen LogP contribution in [0.15, 0.2) is 29.6 Å². The van der Waals surface area contributed by atoms with E-state index in [2.05, 4.69) is 10.3 Å². The highest BCUT2D eigenvalue weighted by molar-refractivity contribution is 6.08. The first kappa shape index (κ1) is 13.9. The highest BCUT2D eigenvalue weighted by Gasteiger charge is 2.28. The van der Waals surface area contributed by atoms with Crippen LogP contribution in [0.2, 0.25) is 0 Å². The molecular formula is C13H16N4O3. The molecular weight excluding hydrogens is 260 g/mol. The minimum absolute atomic E-state index is 0.00681. The summed E-state index contributed by atoms with van der Waals surface area (Å²) in [6.45, 7) is 3.50. The number of nitrogens with two attached hydrogens (primary N) is 1. The van der Waals surface area contributed by atoms with Gasteiger partial charge in [0.05, 0.1) is 23.7 Å². The standard InChI is InChI=1S/C13H16N4O3/c1-13(2,12(18)19)7-17-10-5-3-4-8(11(14)16-20)9(10)6-15-17/h3-6,20H,7H2,1-2H3,(H2,14,16)(H,18,19). The van der Waals surface area contributed by atoms with Crippen LogP contribution in [0.25, 0.3) is 10.9 Å². The molecule has 0 fully saturated rings. The van der Waals surface area contributed by atoms with Crippen LogP contribution in [0.3, 0.4) is 0 Å². The zero-order valence-corrected chi connectivity index (χ0v) is 11.2. The summed E-state index contributed by atoms with van der Waals surface area (Å²) in [5, 5.41) is 25.8. The molecule has 0 atom stereocenters. The predicted octanol–water partition coefficient (Wildman–Crippen LogP) is 1.24. The first-order valence-electron chi connectivity index (χ1n) is 6.02. The Kier molecular flexibility index (Phi) is 3.35. The van der Waals surface area contributed by atoms with E-state index in [9.17, 15) is 9.90 Å². The molecule has 106 valence electrons. The first-order chi connectivity index (χ1) is 9.36. The highest BCUT2D eigenvalue weighted by Crippen LogP contribution is 2.23. The molecule has 2 aromatic rings. The smallest absolute Gasteiger partial charge is 0.310 e. The molecule has 4 N–H and O–H groups in total. The lowest BCUT2D eigenvalue weighted by Crippen LogP contribution is -2.29. The van der Waals surface area contributed by atoms with Crippen LogP contribution in [-0.4, -0.2) is 31.9 Å². The molecule has 0 radical (unpaired) electrons. The Morgan fingerprint density at radius 2 is 2.20 bits per heavy atom. The molecule has 1 aromatic heterocycles. The van der Waals surface area contributed by atoms with Crippen molar-refractivity contribution >= 4 is 22.7 Å². The van der Waals surface area contributed by atoms with Crippen LogP contribution in [0.4, 0.5) is 0 Å². The number of nitrogens with zero attached hydrogens (tertiary/aromatic N) is 3. The molecule has 0 aliphatic heterocycles. The maximum Gasteiger partial charge on any atom is 0.310 e. The molecule has 7 nitrogen and oxygen atoms in total. The summed E-state index contributed by atoms with van der Waals surface area (Å²) in [6.07, 6.45) is 1.58. The van der Waals surface area contributed by atoms with Crippen molar-refractivity contribution in [3.63, 3.8) is 0 Å². The van der Waals surface area contributed by atoms with Crippen LogP contribution < -0.4 is 5.73 Å². The Morgan fingerprint density at radius 3 is 2.80 bits per heavy atom. The van der Waals surface area contributed by atoms with E-state index < -0.39 is 11.4 Å². The van der Waals surface area contributed by atoms with Gasteiger partial charge in [-0.3, -0.25) is 9.48 Å². The normalized spacial score (nSPS) is 12.8. The van der Waals surface area contributed by atoms with E-state index in [1.807, 2.05) is 6.07 Å². The number of aliphatic carboxylic acids is 1. The number of amidine groups is 1. The van der Waals surface area contributed by atoms with Gasteiger partial charge in [0.1, 0.15) is 0 Å². The lowest BCUT2D eigenvalue weighted by atomic mass is 9.94. The second-order valence-corrected chi connectivity index (χ2v) is 5.21. The summed E-state index contributed by atoms with van der Waals surface area (Å²) >= 11 is 0. The van der Waals surface area contributed by atoms with Gasteiger partial charge in [-0.15, -0.1) is 0 Å². The zero-order valence-electron chi connectivity index (χ0n) is 11.2. The summed E-state index contributed by atoms with van der Waals surface area (Å²) in [5.74, 6) is -0.901. The van der Waals surface area contributed by atoms with Crippen LogP contribution >= 0.6 is 0 Å². The third kappa shape index (κ3) is 2.29. The minimum Gasteiger partial charge on any atom is -0.481 e. The quantitative estimate of drug-likeness (QED) is 0.336. The molecule has 0 spiro atoms. The van der Waals surface area contributed by atoms with E-state index in [0.717, 1.165) is 5.52 Å². The van der Waals surface area contributed by atoms with Crippen molar-refractivity contribution in [2.75, 3.05) is 0 Å². The number of hydrogen-bond donors (Lipinski definition) is 3. The summed E-state index contributed by atoms with van der Waals surface area (Å²) in [7, 11) is 0. The lowest BCUT2D eigenvalue weighted by Gasteiger charge is -2.19. The Balaban J connectivity index is 2.51. The van der Waals surface area contributed by atoms with E-state index in [1.165, 1.54) is 0 Å². The lowest BCUT2D eigenvalue weighted by molar-refractivity contribution is -0.147. The van der Waals surface area contributed by atoms with Crippen LogP contribution in [0.5, 0.6) is 0 Å². The molecule has 0 aliphatic carbocycles. The second-order valence-electron chi connectivity index (χ2n) is 5.21. The number of rotatable bonds is 4. The van der Waals surface area contributed by atoms with Crippen molar-refractivity contribution in [3.8, 4) is 0 Å². The summed E-state index contributed by atoms with van der Waals surface area (Å²) in [6, 6.07) is 5.28. The highest BCUT2D eigenvalue weighted by atomic mass is 16.4. The minimum atomic E-state index is -0.939. The topological polar surface area (TPSA) is 114 Å². The Bertz CT molecular complexity index is 688. The first-order valence-corrected chi connectivity index (χ1v) is 6.02. The second kappa shape index (κ2) is 4.84. The molecule has 1 aromatic carbocycles. The van der Waals surface area contributed by atoms with E-state index >= 15 is 0 Å². The Morgan fingerprint density at radius 1 is 1.50 bits per heavy atom. The van der Waals surface area contributed by atoms with Crippen LogP contribution in [0.1, 0.15) is 19.4 Å². The number of carboxylic acid groups (broad SMARTS) is 1. The maximum absolute atomic E-state index is 11.2. The molecule has 2 rings (SSSR count). The van der Waals surface area contributed by atoms with Gasteiger partial charge in [-0.1, -0.05) is 17.3 Å². The van der Waals surface area contributed by atoms with Crippen molar-refractivity contribution in [2.45, 2.75) is 20.4 Å². The molecule has 0 aliphatic rings. The molecule has 20 heavy (non-hydrogen) atoms. The van der Waals surface area contributed by atoms with Gasteiger partial charge in [0.25, 0.3) is 0 Å². The number of aromatic nitrogens is 2. The van der Waals surface area contributed by atoms with Gasteiger partial charge in [-0.25, -0.2) is 0 Å². The third-order valence-corrected chi connectivity index (χ3v) is 3.20. The molecule has 1 heterocycles. The molecule has 0 bridgehead atoms. The van der Waals surface area contributed by atoms with Gasteiger partial charge < -0.3 is 16.0 Å². The van der Waals surface area contributed by atoms with E-state index in [4.69, 9.17) is 10.9 Å². The number of benzene rings is 1. The van der Waals surface area contributed by atoms with Crippen molar-refractivity contribution in [2.24, 2.45) is 16.3 Å².